The fraction of sp³-hybridized carbons (Fsp3) is 0.542. The van der Waals surface area contributed by atoms with E-state index in [1.807, 2.05) is 43.0 Å². The Kier molecular flexibility index (Phi) is 7.94. The van der Waals surface area contributed by atoms with Gasteiger partial charge in [-0.2, -0.15) is 0 Å². The summed E-state index contributed by atoms with van der Waals surface area (Å²) in [6.07, 6.45) is 1.72. The van der Waals surface area contributed by atoms with Crippen LogP contribution in [0.3, 0.4) is 0 Å². The van der Waals surface area contributed by atoms with E-state index in [2.05, 4.69) is 17.0 Å². The molecule has 1 aromatic heterocycles. The van der Waals surface area contributed by atoms with Gasteiger partial charge < -0.3 is 18.8 Å². The van der Waals surface area contributed by atoms with Gasteiger partial charge in [0, 0.05) is 45.1 Å². The minimum Gasteiger partial charge on any atom is -0.496 e. The molecule has 6 nitrogen and oxygen atoms in total. The molecule has 2 unspecified atom stereocenters. The van der Waals surface area contributed by atoms with Crippen molar-refractivity contribution in [2.45, 2.75) is 26.3 Å². The van der Waals surface area contributed by atoms with Crippen LogP contribution in [0.25, 0.3) is 0 Å². The minimum atomic E-state index is -0.0350. The number of carbonyl (C=O) groups excluding carboxylic acids is 1. The smallest absolute Gasteiger partial charge is 0.225 e. The second kappa shape index (κ2) is 10.6. The molecule has 1 saturated heterocycles. The number of methoxy groups -OCH3 is 2. The van der Waals surface area contributed by atoms with Gasteiger partial charge in [0.15, 0.2) is 0 Å². The van der Waals surface area contributed by atoms with Crippen LogP contribution in [-0.4, -0.2) is 62.7 Å². The number of amides is 1. The normalized spacial score (nSPS) is 19.4. The monoisotopic (exact) mass is 414 g/mol. The second-order valence-corrected chi connectivity index (χ2v) is 8.31. The molecule has 6 heteroatoms. The Morgan fingerprint density at radius 3 is 2.67 bits per heavy atom. The minimum absolute atomic E-state index is 0.0350. The molecule has 0 bridgehead atoms. The highest BCUT2D eigenvalue weighted by Gasteiger charge is 2.37. The number of likely N-dealkylation sites (tertiary alicyclic amines) is 1. The van der Waals surface area contributed by atoms with E-state index < -0.39 is 0 Å². The molecule has 1 aliphatic heterocycles. The third-order valence-corrected chi connectivity index (χ3v) is 5.84. The summed E-state index contributed by atoms with van der Waals surface area (Å²) in [5.41, 5.74) is 1.20. The van der Waals surface area contributed by atoms with Crippen LogP contribution >= 0.6 is 0 Å². The maximum Gasteiger partial charge on any atom is 0.225 e. The molecule has 2 atom stereocenters. The first-order valence-corrected chi connectivity index (χ1v) is 10.7. The first-order chi connectivity index (χ1) is 14.5. The second-order valence-electron chi connectivity index (χ2n) is 8.31. The Balaban J connectivity index is 1.83. The molecule has 0 aliphatic carbocycles. The summed E-state index contributed by atoms with van der Waals surface area (Å²) in [6.45, 7) is 8.35. The molecule has 30 heavy (non-hydrogen) atoms. The number of furan rings is 1. The predicted octanol–water partition coefficient (Wildman–Crippen LogP) is 3.63. The highest BCUT2D eigenvalue weighted by Crippen LogP contribution is 2.38. The fourth-order valence-corrected chi connectivity index (χ4v) is 4.36. The lowest BCUT2D eigenvalue weighted by molar-refractivity contribution is -0.135. The van der Waals surface area contributed by atoms with Gasteiger partial charge in [0.1, 0.15) is 11.5 Å². The highest BCUT2D eigenvalue weighted by atomic mass is 16.5. The van der Waals surface area contributed by atoms with Gasteiger partial charge in [-0.1, -0.05) is 32.0 Å². The van der Waals surface area contributed by atoms with Crippen LogP contribution < -0.4 is 4.74 Å². The number of para-hydroxylation sites is 1. The lowest BCUT2D eigenvalue weighted by Crippen LogP contribution is -2.41. The first-order valence-electron chi connectivity index (χ1n) is 10.7. The molecule has 1 aromatic carbocycles. The summed E-state index contributed by atoms with van der Waals surface area (Å²) < 4.78 is 16.5. The largest absolute Gasteiger partial charge is 0.496 e. The van der Waals surface area contributed by atoms with Crippen LogP contribution in [0.1, 0.15) is 31.1 Å². The van der Waals surface area contributed by atoms with Crippen molar-refractivity contribution in [2.75, 3.05) is 47.0 Å². The lowest BCUT2D eigenvalue weighted by Gasteiger charge is -2.30. The van der Waals surface area contributed by atoms with Gasteiger partial charge in [0.2, 0.25) is 5.91 Å². The summed E-state index contributed by atoms with van der Waals surface area (Å²) in [5, 5.41) is 0. The topological polar surface area (TPSA) is 55.1 Å². The van der Waals surface area contributed by atoms with Gasteiger partial charge in [0.05, 0.1) is 26.5 Å². The molecule has 0 spiro atoms. The number of carbonyl (C=O) groups is 1. The summed E-state index contributed by atoms with van der Waals surface area (Å²) in [5.74, 6) is 2.59. The van der Waals surface area contributed by atoms with E-state index >= 15 is 0 Å². The number of ether oxygens (including phenoxy) is 2. The Labute approximate surface area is 179 Å². The van der Waals surface area contributed by atoms with Crippen molar-refractivity contribution in [1.29, 1.82) is 0 Å². The van der Waals surface area contributed by atoms with Gasteiger partial charge in [-0.05, 0) is 29.7 Å². The van der Waals surface area contributed by atoms with E-state index in [1.165, 1.54) is 5.56 Å². The van der Waals surface area contributed by atoms with Crippen molar-refractivity contribution in [3.05, 3.63) is 54.0 Å². The van der Waals surface area contributed by atoms with Gasteiger partial charge in [-0.3, -0.25) is 9.69 Å². The van der Waals surface area contributed by atoms with E-state index in [-0.39, 0.29) is 17.7 Å². The summed E-state index contributed by atoms with van der Waals surface area (Å²) in [4.78, 5) is 17.2. The van der Waals surface area contributed by atoms with Gasteiger partial charge in [0.25, 0.3) is 0 Å². The molecular formula is C24H34N2O4. The van der Waals surface area contributed by atoms with Gasteiger partial charge in [-0.15, -0.1) is 0 Å². The molecular weight excluding hydrogens is 380 g/mol. The SMILES string of the molecule is COCCN(CC1CN(Cc2ccco2)CC1c1ccccc1OC)C(=O)C(C)C. The zero-order chi connectivity index (χ0) is 21.5. The van der Waals surface area contributed by atoms with E-state index in [0.29, 0.717) is 25.6 Å². The van der Waals surface area contributed by atoms with E-state index in [1.54, 1.807) is 20.5 Å². The average molecular weight is 415 g/mol. The maximum atomic E-state index is 12.9. The van der Waals surface area contributed by atoms with Gasteiger partial charge >= 0.3 is 0 Å². The number of hydrogen-bond donors (Lipinski definition) is 0. The highest BCUT2D eigenvalue weighted by molar-refractivity contribution is 5.78. The molecule has 0 N–H and O–H groups in total. The van der Waals surface area contributed by atoms with E-state index in [9.17, 15) is 4.79 Å². The van der Waals surface area contributed by atoms with Crippen molar-refractivity contribution in [1.82, 2.24) is 9.80 Å². The van der Waals surface area contributed by atoms with Crippen molar-refractivity contribution >= 4 is 5.91 Å². The zero-order valence-corrected chi connectivity index (χ0v) is 18.5. The summed E-state index contributed by atoms with van der Waals surface area (Å²) in [7, 11) is 3.40. The van der Waals surface area contributed by atoms with Crippen LogP contribution in [0.2, 0.25) is 0 Å². The molecule has 2 aromatic rings. The lowest BCUT2D eigenvalue weighted by atomic mass is 9.87. The van der Waals surface area contributed by atoms with Crippen LogP contribution in [0.5, 0.6) is 5.75 Å². The molecule has 0 radical (unpaired) electrons. The predicted molar refractivity (Wildman–Crippen MR) is 117 cm³/mol. The standard InChI is InChI=1S/C24H34N2O4/c1-18(2)24(27)26(11-13-28-3)15-19-14-25(16-20-8-7-12-30-20)17-22(19)21-9-5-6-10-23(21)29-4/h5-10,12,18-19,22H,11,13-17H2,1-4H3. The summed E-state index contributed by atoms with van der Waals surface area (Å²) in [6, 6.07) is 12.2. The Bertz CT molecular complexity index is 790. The van der Waals surface area contributed by atoms with Crippen molar-refractivity contribution in [3.63, 3.8) is 0 Å². The molecule has 3 rings (SSSR count). The number of nitrogens with zero attached hydrogens (tertiary/aromatic N) is 2. The van der Waals surface area contributed by atoms with Crippen LogP contribution in [0.15, 0.2) is 47.1 Å². The van der Waals surface area contributed by atoms with Crippen molar-refractivity contribution in [3.8, 4) is 5.75 Å². The summed E-state index contributed by atoms with van der Waals surface area (Å²) >= 11 is 0. The third kappa shape index (κ3) is 5.43. The van der Waals surface area contributed by atoms with Crippen molar-refractivity contribution in [2.24, 2.45) is 11.8 Å². The molecule has 0 saturated carbocycles. The van der Waals surface area contributed by atoms with E-state index in [0.717, 1.165) is 31.1 Å². The molecule has 2 heterocycles. The van der Waals surface area contributed by atoms with Crippen LogP contribution in [-0.2, 0) is 16.1 Å². The Morgan fingerprint density at radius 2 is 2.00 bits per heavy atom. The number of benzene rings is 1. The van der Waals surface area contributed by atoms with Crippen molar-refractivity contribution < 1.29 is 18.7 Å². The number of rotatable bonds is 10. The zero-order valence-electron chi connectivity index (χ0n) is 18.5. The molecule has 1 aliphatic rings. The molecule has 1 amide bonds. The Hall–Kier alpha value is -2.31. The molecule has 1 fully saturated rings. The maximum absolute atomic E-state index is 12.9. The van der Waals surface area contributed by atoms with E-state index in [4.69, 9.17) is 13.9 Å². The van der Waals surface area contributed by atoms with Gasteiger partial charge in [-0.25, -0.2) is 0 Å². The first kappa shape index (κ1) is 22.4. The fourth-order valence-electron chi connectivity index (χ4n) is 4.36. The van der Waals surface area contributed by atoms with Crippen LogP contribution in [0, 0.1) is 11.8 Å². The molecule has 164 valence electrons. The number of hydrogen-bond acceptors (Lipinski definition) is 5. The Morgan fingerprint density at radius 1 is 1.20 bits per heavy atom. The quantitative estimate of drug-likeness (QED) is 0.594. The van der Waals surface area contributed by atoms with Crippen LogP contribution in [0.4, 0.5) is 0 Å². The third-order valence-electron chi connectivity index (χ3n) is 5.84. The average Bonchev–Trinajstić information content (AvgIpc) is 3.40.